The molecule has 0 aliphatic rings. The van der Waals surface area contributed by atoms with E-state index in [9.17, 15) is 9.59 Å². The average molecular weight is 398 g/mol. The molecule has 0 saturated heterocycles. The minimum Gasteiger partial charge on any atom is -0.342 e. The second-order valence-electron chi connectivity index (χ2n) is 7.12. The van der Waals surface area contributed by atoms with Gasteiger partial charge in [0.05, 0.1) is 17.1 Å². The standard InChI is InChI=1S/C24H22N4O2/c1-16(29)25-19-11-7-10-18(15-19)24(30)28-22(14-17-8-3-2-4-9-17)23-26-20-12-5-6-13-21(20)27-23/h2-13,15,22H,14H2,1H3,(H,25,29)(H,26,27)(H,28,30)/t22-/m1/s1. The topological polar surface area (TPSA) is 86.9 Å². The molecule has 1 aromatic heterocycles. The van der Waals surface area contributed by atoms with Crippen LogP contribution in [0, 0.1) is 0 Å². The fraction of sp³-hybridized carbons (Fsp3) is 0.125. The number of H-pyrrole nitrogens is 1. The van der Waals surface area contributed by atoms with Gasteiger partial charge in [0.25, 0.3) is 5.91 Å². The summed E-state index contributed by atoms with van der Waals surface area (Å²) in [6.45, 7) is 1.43. The van der Waals surface area contributed by atoms with E-state index in [1.807, 2.05) is 54.6 Å². The number of para-hydroxylation sites is 2. The van der Waals surface area contributed by atoms with Crippen LogP contribution in [0.15, 0.2) is 78.9 Å². The van der Waals surface area contributed by atoms with Gasteiger partial charge in [0.15, 0.2) is 0 Å². The number of anilines is 1. The Hall–Kier alpha value is -3.93. The van der Waals surface area contributed by atoms with Crippen molar-refractivity contribution in [3.05, 3.63) is 95.8 Å². The summed E-state index contributed by atoms with van der Waals surface area (Å²) >= 11 is 0. The van der Waals surface area contributed by atoms with Gasteiger partial charge in [-0.1, -0.05) is 48.5 Å². The molecule has 0 spiro atoms. The maximum Gasteiger partial charge on any atom is 0.251 e. The monoisotopic (exact) mass is 398 g/mol. The summed E-state index contributed by atoms with van der Waals surface area (Å²) in [7, 11) is 0. The van der Waals surface area contributed by atoms with E-state index in [4.69, 9.17) is 0 Å². The van der Waals surface area contributed by atoms with Gasteiger partial charge in [0.2, 0.25) is 5.91 Å². The van der Waals surface area contributed by atoms with E-state index in [0.717, 1.165) is 16.6 Å². The Bertz CT molecular complexity index is 1150. The number of benzene rings is 3. The molecule has 6 nitrogen and oxygen atoms in total. The normalized spacial score (nSPS) is 11.8. The summed E-state index contributed by atoms with van der Waals surface area (Å²) in [5.74, 6) is 0.284. The molecule has 0 bridgehead atoms. The molecule has 6 heteroatoms. The third-order valence-corrected chi connectivity index (χ3v) is 4.77. The Morgan fingerprint density at radius 1 is 0.967 bits per heavy atom. The van der Waals surface area contributed by atoms with Gasteiger partial charge < -0.3 is 15.6 Å². The molecule has 150 valence electrons. The number of imidazole rings is 1. The van der Waals surface area contributed by atoms with Crippen molar-refractivity contribution in [2.45, 2.75) is 19.4 Å². The number of aromatic nitrogens is 2. The van der Waals surface area contributed by atoms with Crippen LogP contribution in [0.4, 0.5) is 5.69 Å². The Labute approximate surface area is 174 Å². The maximum absolute atomic E-state index is 13.0. The predicted octanol–water partition coefficient (Wildman–Crippen LogP) is 4.24. The van der Waals surface area contributed by atoms with Crippen molar-refractivity contribution < 1.29 is 9.59 Å². The van der Waals surface area contributed by atoms with E-state index in [0.29, 0.717) is 23.5 Å². The first-order valence-electron chi connectivity index (χ1n) is 9.75. The number of rotatable bonds is 6. The molecule has 3 aromatic carbocycles. The van der Waals surface area contributed by atoms with Crippen LogP contribution in [0.25, 0.3) is 11.0 Å². The highest BCUT2D eigenvalue weighted by molar-refractivity contribution is 5.97. The number of hydrogen-bond acceptors (Lipinski definition) is 3. The van der Waals surface area contributed by atoms with Crippen LogP contribution in [0.5, 0.6) is 0 Å². The number of nitrogens with one attached hydrogen (secondary N) is 3. The van der Waals surface area contributed by atoms with E-state index in [-0.39, 0.29) is 17.9 Å². The maximum atomic E-state index is 13.0. The number of aromatic amines is 1. The van der Waals surface area contributed by atoms with Gasteiger partial charge in [-0.2, -0.15) is 0 Å². The molecule has 4 rings (SSSR count). The lowest BCUT2D eigenvalue weighted by Crippen LogP contribution is -2.30. The quantitative estimate of drug-likeness (QED) is 0.454. The number of fused-ring (bicyclic) bond motifs is 1. The first kappa shape index (κ1) is 19.4. The zero-order valence-corrected chi connectivity index (χ0v) is 16.6. The summed E-state index contributed by atoms with van der Waals surface area (Å²) in [4.78, 5) is 32.3. The highest BCUT2D eigenvalue weighted by atomic mass is 16.2. The fourth-order valence-electron chi connectivity index (χ4n) is 3.39. The molecule has 0 unspecified atom stereocenters. The number of nitrogens with zero attached hydrogens (tertiary/aromatic N) is 1. The van der Waals surface area contributed by atoms with Gasteiger partial charge in [-0.3, -0.25) is 9.59 Å². The summed E-state index contributed by atoms with van der Waals surface area (Å²) in [6.07, 6.45) is 0.595. The zero-order chi connectivity index (χ0) is 20.9. The third kappa shape index (κ3) is 4.55. The van der Waals surface area contributed by atoms with Crippen LogP contribution in [0.1, 0.15) is 34.7 Å². The van der Waals surface area contributed by atoms with Gasteiger partial charge in [-0.15, -0.1) is 0 Å². The van der Waals surface area contributed by atoms with Crippen molar-refractivity contribution in [1.29, 1.82) is 0 Å². The smallest absolute Gasteiger partial charge is 0.251 e. The molecule has 3 N–H and O–H groups in total. The Morgan fingerprint density at radius 3 is 2.50 bits per heavy atom. The predicted molar refractivity (Wildman–Crippen MR) is 117 cm³/mol. The van der Waals surface area contributed by atoms with Crippen LogP contribution in [0.3, 0.4) is 0 Å². The van der Waals surface area contributed by atoms with Gasteiger partial charge >= 0.3 is 0 Å². The molecule has 2 amide bonds. The average Bonchev–Trinajstić information content (AvgIpc) is 3.18. The van der Waals surface area contributed by atoms with Crippen molar-refractivity contribution >= 4 is 28.5 Å². The highest BCUT2D eigenvalue weighted by Gasteiger charge is 2.20. The van der Waals surface area contributed by atoms with Crippen LogP contribution in [0.2, 0.25) is 0 Å². The largest absolute Gasteiger partial charge is 0.342 e. The second kappa shape index (κ2) is 8.61. The van der Waals surface area contributed by atoms with Crippen molar-refractivity contribution in [3.63, 3.8) is 0 Å². The van der Waals surface area contributed by atoms with Crippen molar-refractivity contribution in [3.8, 4) is 0 Å². The number of hydrogen-bond donors (Lipinski definition) is 3. The Balaban J connectivity index is 1.62. The van der Waals surface area contributed by atoms with E-state index >= 15 is 0 Å². The summed E-state index contributed by atoms with van der Waals surface area (Å²) in [6, 6.07) is 24.3. The van der Waals surface area contributed by atoms with Gasteiger partial charge in [-0.25, -0.2) is 4.98 Å². The summed E-state index contributed by atoms with van der Waals surface area (Å²) in [5.41, 5.74) is 3.92. The minimum atomic E-state index is -0.336. The molecule has 4 aromatic rings. The van der Waals surface area contributed by atoms with Gasteiger partial charge in [0.1, 0.15) is 5.82 Å². The van der Waals surface area contributed by atoms with Crippen LogP contribution in [-0.2, 0) is 11.2 Å². The molecule has 1 heterocycles. The SMILES string of the molecule is CC(=O)Nc1cccc(C(=O)N[C@H](Cc2ccccc2)c2nc3ccccc3[nH]2)c1. The molecular formula is C24H22N4O2. The van der Waals surface area contributed by atoms with Crippen LogP contribution in [-0.4, -0.2) is 21.8 Å². The molecule has 0 fully saturated rings. The number of carbonyl (C=O) groups is 2. The fourth-order valence-corrected chi connectivity index (χ4v) is 3.39. The number of amides is 2. The van der Waals surface area contributed by atoms with Gasteiger partial charge in [-0.05, 0) is 42.3 Å². The number of carbonyl (C=O) groups excluding carboxylic acids is 2. The Morgan fingerprint density at radius 2 is 1.73 bits per heavy atom. The van der Waals surface area contributed by atoms with Crippen molar-refractivity contribution in [2.24, 2.45) is 0 Å². The van der Waals surface area contributed by atoms with Crippen LogP contribution >= 0.6 is 0 Å². The Kier molecular flexibility index (Phi) is 5.57. The lowest BCUT2D eigenvalue weighted by Gasteiger charge is -2.17. The highest BCUT2D eigenvalue weighted by Crippen LogP contribution is 2.21. The van der Waals surface area contributed by atoms with Crippen LogP contribution < -0.4 is 10.6 Å². The summed E-state index contributed by atoms with van der Waals surface area (Å²) in [5, 5.41) is 5.80. The van der Waals surface area contributed by atoms with E-state index in [1.165, 1.54) is 6.92 Å². The molecule has 0 radical (unpaired) electrons. The molecular weight excluding hydrogens is 376 g/mol. The van der Waals surface area contributed by atoms with Crippen molar-refractivity contribution in [2.75, 3.05) is 5.32 Å². The van der Waals surface area contributed by atoms with Crippen molar-refractivity contribution in [1.82, 2.24) is 15.3 Å². The lowest BCUT2D eigenvalue weighted by atomic mass is 10.0. The molecule has 0 aliphatic heterocycles. The first-order valence-corrected chi connectivity index (χ1v) is 9.75. The molecule has 0 saturated carbocycles. The third-order valence-electron chi connectivity index (χ3n) is 4.77. The van der Waals surface area contributed by atoms with E-state index < -0.39 is 0 Å². The zero-order valence-electron chi connectivity index (χ0n) is 16.6. The summed E-state index contributed by atoms with van der Waals surface area (Å²) < 4.78 is 0. The lowest BCUT2D eigenvalue weighted by molar-refractivity contribution is -0.114. The van der Waals surface area contributed by atoms with E-state index in [1.54, 1.807) is 24.3 Å². The first-order chi connectivity index (χ1) is 14.6. The molecule has 0 aliphatic carbocycles. The van der Waals surface area contributed by atoms with E-state index in [2.05, 4.69) is 20.6 Å². The minimum absolute atomic E-state index is 0.184. The second-order valence-corrected chi connectivity index (χ2v) is 7.12. The molecule has 1 atom stereocenters. The molecule has 30 heavy (non-hydrogen) atoms. The van der Waals surface area contributed by atoms with Gasteiger partial charge in [0, 0.05) is 18.2 Å².